The first-order chi connectivity index (χ1) is 27.7. The van der Waals surface area contributed by atoms with Crippen LogP contribution in [0, 0.1) is 0 Å². The number of aromatic nitrogens is 1. The zero-order valence-electron chi connectivity index (χ0n) is 30.7. The van der Waals surface area contributed by atoms with E-state index in [1.807, 2.05) is 0 Å². The quantitative estimate of drug-likeness (QED) is 0.180. The van der Waals surface area contributed by atoms with E-state index in [2.05, 4.69) is 194 Å². The zero-order chi connectivity index (χ0) is 37.2. The van der Waals surface area contributed by atoms with Crippen LogP contribution in [-0.2, 0) is 6.54 Å². The van der Waals surface area contributed by atoms with Crippen LogP contribution in [0.2, 0.25) is 0 Å². The van der Waals surface area contributed by atoms with Gasteiger partial charge in [-0.25, -0.2) is 4.98 Å². The zero-order valence-corrected chi connectivity index (χ0v) is 30.7. The molecule has 0 aliphatic carbocycles. The Bertz CT molecular complexity index is 3320. The van der Waals surface area contributed by atoms with Gasteiger partial charge in [0.05, 0.1) is 11.2 Å². The van der Waals surface area contributed by atoms with Gasteiger partial charge in [0, 0.05) is 22.9 Å². The lowest BCUT2D eigenvalue weighted by Crippen LogP contribution is -1.95. The Morgan fingerprint density at radius 1 is 0.321 bits per heavy atom. The maximum Gasteiger partial charge on any atom is 0.0794 e. The van der Waals surface area contributed by atoms with Crippen LogP contribution in [0.5, 0.6) is 0 Å². The summed E-state index contributed by atoms with van der Waals surface area (Å²) in [4.78, 5) is 5.56. The Hall–Kier alpha value is -7.13. The molecule has 0 fully saturated rings. The standard InChI is InChI=1S/C54H36N2/c55-33-34-21-23-35(24-22-34)36-25-27-37(28-26-36)53-32-51(49-30-39-12-2-4-14-41(39)43-16-6-8-18-45(43)49)52-31-50(46-19-9-10-20-47(46)54(52)56-53)48-29-38-11-1-3-13-40(38)42-15-5-7-17-44(42)48/h1-32H,33,55H2. The number of nitrogens with two attached hydrogens (primary N) is 1. The van der Waals surface area contributed by atoms with Crippen molar-refractivity contribution in [2.45, 2.75) is 6.54 Å². The van der Waals surface area contributed by atoms with Crippen molar-refractivity contribution < 1.29 is 0 Å². The summed E-state index contributed by atoms with van der Waals surface area (Å²) in [6.45, 7) is 0.538. The summed E-state index contributed by atoms with van der Waals surface area (Å²) in [5, 5.41) is 13.4. The monoisotopic (exact) mass is 712 g/mol. The van der Waals surface area contributed by atoms with E-state index in [0.717, 1.165) is 38.7 Å². The number of hydrogen-bond acceptors (Lipinski definition) is 2. The number of rotatable bonds is 5. The van der Waals surface area contributed by atoms with Crippen molar-refractivity contribution in [1.82, 2.24) is 4.98 Å². The molecule has 0 saturated carbocycles. The van der Waals surface area contributed by atoms with Crippen LogP contribution in [0.25, 0.3) is 109 Å². The summed E-state index contributed by atoms with van der Waals surface area (Å²) in [7, 11) is 0. The number of nitrogens with zero attached hydrogens (tertiary/aromatic N) is 1. The Labute approximate surface area is 325 Å². The molecule has 0 bridgehead atoms. The topological polar surface area (TPSA) is 38.9 Å². The molecule has 10 aromatic carbocycles. The molecule has 0 spiro atoms. The second-order valence-corrected chi connectivity index (χ2v) is 14.8. The van der Waals surface area contributed by atoms with Crippen LogP contribution in [0.1, 0.15) is 5.56 Å². The molecule has 0 amide bonds. The highest BCUT2D eigenvalue weighted by atomic mass is 14.7. The molecular formula is C54H36N2. The van der Waals surface area contributed by atoms with Crippen LogP contribution < -0.4 is 5.73 Å². The van der Waals surface area contributed by atoms with E-state index in [4.69, 9.17) is 10.7 Å². The molecule has 2 heteroatoms. The molecule has 0 saturated heterocycles. The average Bonchev–Trinajstić information content (AvgIpc) is 3.28. The maximum absolute atomic E-state index is 5.88. The van der Waals surface area contributed by atoms with E-state index in [-0.39, 0.29) is 0 Å². The van der Waals surface area contributed by atoms with Gasteiger partial charge in [-0.1, -0.05) is 170 Å². The summed E-state index contributed by atoms with van der Waals surface area (Å²) in [6.07, 6.45) is 0. The number of benzene rings is 10. The Kier molecular flexibility index (Phi) is 7.51. The first kappa shape index (κ1) is 32.3. The first-order valence-corrected chi connectivity index (χ1v) is 19.3. The fraction of sp³-hybridized carbons (Fsp3) is 0.0185. The Morgan fingerprint density at radius 3 is 1.25 bits per heavy atom. The molecule has 262 valence electrons. The molecule has 1 aromatic heterocycles. The van der Waals surface area contributed by atoms with Crippen molar-refractivity contribution in [3.05, 3.63) is 200 Å². The smallest absolute Gasteiger partial charge is 0.0794 e. The van der Waals surface area contributed by atoms with Crippen LogP contribution in [0.4, 0.5) is 0 Å². The molecule has 2 N–H and O–H groups in total. The van der Waals surface area contributed by atoms with Gasteiger partial charge in [-0.2, -0.15) is 0 Å². The predicted octanol–water partition coefficient (Wildman–Crippen LogP) is 14.1. The predicted molar refractivity (Wildman–Crippen MR) is 239 cm³/mol. The molecule has 0 atom stereocenters. The van der Waals surface area contributed by atoms with Crippen molar-refractivity contribution >= 4 is 64.8 Å². The Balaban J connectivity index is 1.23. The molecule has 11 rings (SSSR count). The summed E-state index contributed by atoms with van der Waals surface area (Å²) < 4.78 is 0. The van der Waals surface area contributed by atoms with Gasteiger partial charge >= 0.3 is 0 Å². The van der Waals surface area contributed by atoms with E-state index in [0.29, 0.717) is 6.54 Å². The maximum atomic E-state index is 5.88. The third-order valence-corrected chi connectivity index (χ3v) is 11.6. The van der Waals surface area contributed by atoms with E-state index >= 15 is 0 Å². The minimum Gasteiger partial charge on any atom is -0.326 e. The molecule has 1 heterocycles. The third-order valence-electron chi connectivity index (χ3n) is 11.6. The minimum absolute atomic E-state index is 0.538. The molecule has 2 nitrogen and oxygen atoms in total. The van der Waals surface area contributed by atoms with Crippen LogP contribution in [0.15, 0.2) is 194 Å². The second-order valence-electron chi connectivity index (χ2n) is 14.8. The number of pyridine rings is 1. The largest absolute Gasteiger partial charge is 0.326 e. The SMILES string of the molecule is NCc1ccc(-c2ccc(-c3cc(-c4cc5ccccc5c5ccccc45)c4cc(-c5cc6ccccc6c6ccccc56)c5ccccc5c4n3)cc2)cc1. The molecule has 0 radical (unpaired) electrons. The summed E-state index contributed by atoms with van der Waals surface area (Å²) in [5.41, 5.74) is 17.2. The van der Waals surface area contributed by atoms with Gasteiger partial charge in [0.15, 0.2) is 0 Å². The van der Waals surface area contributed by atoms with E-state index in [1.165, 1.54) is 76.3 Å². The highest BCUT2D eigenvalue weighted by Gasteiger charge is 2.20. The average molecular weight is 713 g/mol. The molecule has 0 aliphatic rings. The third kappa shape index (κ3) is 5.19. The Morgan fingerprint density at radius 2 is 0.714 bits per heavy atom. The van der Waals surface area contributed by atoms with E-state index < -0.39 is 0 Å². The normalized spacial score (nSPS) is 11.7. The van der Waals surface area contributed by atoms with Gasteiger partial charge < -0.3 is 5.73 Å². The summed E-state index contributed by atoms with van der Waals surface area (Å²) in [5.74, 6) is 0. The van der Waals surface area contributed by atoms with Crippen LogP contribution in [-0.4, -0.2) is 4.98 Å². The lowest BCUT2D eigenvalue weighted by molar-refractivity contribution is 1.07. The molecule has 0 unspecified atom stereocenters. The van der Waals surface area contributed by atoms with Gasteiger partial charge in [-0.05, 0) is 112 Å². The van der Waals surface area contributed by atoms with Crippen LogP contribution >= 0.6 is 0 Å². The van der Waals surface area contributed by atoms with Crippen molar-refractivity contribution in [3.8, 4) is 44.6 Å². The lowest BCUT2D eigenvalue weighted by atomic mass is 9.86. The number of fused-ring (bicyclic) bond motifs is 9. The second kappa shape index (κ2) is 13.0. The highest BCUT2D eigenvalue weighted by Crippen LogP contribution is 2.45. The van der Waals surface area contributed by atoms with Gasteiger partial charge in [-0.15, -0.1) is 0 Å². The fourth-order valence-electron chi connectivity index (χ4n) is 8.87. The summed E-state index contributed by atoms with van der Waals surface area (Å²) in [6, 6.07) is 70.8. The molecule has 56 heavy (non-hydrogen) atoms. The van der Waals surface area contributed by atoms with Crippen molar-refractivity contribution in [1.29, 1.82) is 0 Å². The first-order valence-electron chi connectivity index (χ1n) is 19.3. The summed E-state index contributed by atoms with van der Waals surface area (Å²) >= 11 is 0. The lowest BCUT2D eigenvalue weighted by Gasteiger charge is -2.19. The van der Waals surface area contributed by atoms with Gasteiger partial charge in [-0.3, -0.25) is 0 Å². The highest BCUT2D eigenvalue weighted by molar-refractivity contribution is 6.23. The van der Waals surface area contributed by atoms with E-state index in [1.54, 1.807) is 0 Å². The van der Waals surface area contributed by atoms with Crippen LogP contribution in [0.3, 0.4) is 0 Å². The molecule has 11 aromatic rings. The van der Waals surface area contributed by atoms with Gasteiger partial charge in [0.1, 0.15) is 0 Å². The van der Waals surface area contributed by atoms with E-state index in [9.17, 15) is 0 Å². The van der Waals surface area contributed by atoms with Gasteiger partial charge in [0.2, 0.25) is 0 Å². The number of hydrogen-bond donors (Lipinski definition) is 1. The van der Waals surface area contributed by atoms with Crippen molar-refractivity contribution in [3.63, 3.8) is 0 Å². The molecule has 0 aliphatic heterocycles. The molecular weight excluding hydrogens is 677 g/mol. The van der Waals surface area contributed by atoms with Crippen molar-refractivity contribution in [2.75, 3.05) is 0 Å². The van der Waals surface area contributed by atoms with Gasteiger partial charge in [0.25, 0.3) is 0 Å². The minimum atomic E-state index is 0.538. The fourth-order valence-corrected chi connectivity index (χ4v) is 8.87. The van der Waals surface area contributed by atoms with Crippen molar-refractivity contribution in [2.24, 2.45) is 5.73 Å².